The van der Waals surface area contributed by atoms with Crippen LogP contribution in [0.5, 0.6) is 0 Å². The van der Waals surface area contributed by atoms with Gasteiger partial charge in [-0.2, -0.15) is 26.3 Å². The molecular formula is C14H14F6N2. The van der Waals surface area contributed by atoms with Crippen LogP contribution in [-0.4, -0.2) is 18.0 Å². The third-order valence-corrected chi connectivity index (χ3v) is 3.89. The van der Waals surface area contributed by atoms with E-state index >= 15 is 0 Å². The van der Waals surface area contributed by atoms with Crippen molar-refractivity contribution in [2.45, 2.75) is 30.4 Å². The molecule has 0 spiro atoms. The number of rotatable bonds is 1. The van der Waals surface area contributed by atoms with Crippen molar-refractivity contribution < 1.29 is 26.3 Å². The Bertz CT molecular complexity index is 545. The van der Waals surface area contributed by atoms with Gasteiger partial charge in [0.25, 0.3) is 0 Å². The van der Waals surface area contributed by atoms with Gasteiger partial charge in [-0.15, -0.1) is 0 Å². The fourth-order valence-electron chi connectivity index (χ4n) is 2.86. The Kier molecular flexibility index (Phi) is 3.81. The minimum absolute atomic E-state index is 0.0936. The molecule has 0 bridgehead atoms. The van der Waals surface area contributed by atoms with Crippen molar-refractivity contribution >= 4 is 0 Å². The van der Waals surface area contributed by atoms with Crippen LogP contribution in [-0.2, 0) is 0 Å². The van der Waals surface area contributed by atoms with Crippen molar-refractivity contribution in [2.75, 3.05) is 0 Å². The molecule has 1 aromatic carbocycles. The quantitative estimate of drug-likeness (QED) is 0.472. The highest BCUT2D eigenvalue weighted by molar-refractivity contribution is 5.33. The fraction of sp³-hybridized carbons (Fsp3) is 0.429. The molecule has 0 radical (unpaired) electrons. The maximum absolute atomic E-state index is 13.5. The van der Waals surface area contributed by atoms with Crippen molar-refractivity contribution in [2.24, 2.45) is 16.9 Å². The Morgan fingerprint density at radius 3 is 1.86 bits per heavy atom. The Morgan fingerprint density at radius 1 is 0.909 bits per heavy atom. The molecule has 8 heteroatoms. The van der Waals surface area contributed by atoms with Gasteiger partial charge in [-0.3, -0.25) is 0 Å². The average Bonchev–Trinajstić information content (AvgIpc) is 2.36. The lowest BCUT2D eigenvalue weighted by Gasteiger charge is -2.48. The molecule has 0 saturated carbocycles. The normalized spacial score (nSPS) is 24.3. The zero-order valence-electron chi connectivity index (χ0n) is 11.2. The predicted molar refractivity (Wildman–Crippen MR) is 68.6 cm³/mol. The number of alkyl halides is 6. The minimum atomic E-state index is -5.56. The van der Waals surface area contributed by atoms with Crippen molar-refractivity contribution in [3.8, 4) is 0 Å². The van der Waals surface area contributed by atoms with Gasteiger partial charge in [0.15, 0.2) is 5.41 Å². The van der Waals surface area contributed by atoms with Crippen molar-refractivity contribution in [1.82, 2.24) is 0 Å². The number of hydrogen-bond acceptors (Lipinski definition) is 2. The molecule has 0 saturated heterocycles. The van der Waals surface area contributed by atoms with Crippen molar-refractivity contribution in [3.05, 3.63) is 48.0 Å². The summed E-state index contributed by atoms with van der Waals surface area (Å²) in [5.41, 5.74) is 4.45. The lowest BCUT2D eigenvalue weighted by Crippen LogP contribution is -2.63. The molecule has 4 N–H and O–H groups in total. The average molecular weight is 324 g/mol. The van der Waals surface area contributed by atoms with E-state index in [2.05, 4.69) is 0 Å². The van der Waals surface area contributed by atoms with E-state index in [0.717, 1.165) is 12.2 Å². The summed E-state index contributed by atoms with van der Waals surface area (Å²) >= 11 is 0. The van der Waals surface area contributed by atoms with Crippen LogP contribution in [0, 0.1) is 5.41 Å². The van der Waals surface area contributed by atoms with Crippen LogP contribution in [0.2, 0.25) is 0 Å². The van der Waals surface area contributed by atoms with Gasteiger partial charge in [-0.1, -0.05) is 42.5 Å². The second-order valence-electron chi connectivity index (χ2n) is 5.50. The maximum atomic E-state index is 13.5. The molecule has 1 atom stereocenters. The van der Waals surface area contributed by atoms with E-state index < -0.39 is 35.8 Å². The standard InChI is InChI=1S/C14H14F6N2/c15-13(16,17)12(14(18,19)20)8-11(21,22)7-6-10(12)9-4-2-1-3-5-9/h1-7,10H,8,21-22H2. The largest absolute Gasteiger partial charge is 0.404 e. The van der Waals surface area contributed by atoms with Gasteiger partial charge in [0.2, 0.25) is 0 Å². The molecule has 0 fully saturated rings. The number of halogens is 6. The second-order valence-corrected chi connectivity index (χ2v) is 5.50. The Morgan fingerprint density at radius 2 is 1.41 bits per heavy atom. The molecule has 122 valence electrons. The summed E-state index contributed by atoms with van der Waals surface area (Å²) < 4.78 is 81.0. The van der Waals surface area contributed by atoms with Crippen molar-refractivity contribution in [3.63, 3.8) is 0 Å². The molecule has 1 aliphatic rings. The van der Waals surface area contributed by atoms with Crippen LogP contribution in [0.1, 0.15) is 17.9 Å². The first-order valence-corrected chi connectivity index (χ1v) is 6.36. The lowest BCUT2D eigenvalue weighted by molar-refractivity contribution is -0.352. The monoisotopic (exact) mass is 324 g/mol. The molecule has 0 heterocycles. The number of allylic oxidation sites excluding steroid dienone is 1. The van der Waals surface area contributed by atoms with E-state index in [0.29, 0.717) is 0 Å². The Hall–Kier alpha value is -1.54. The smallest absolute Gasteiger partial charge is 0.310 e. The van der Waals surface area contributed by atoms with Crippen molar-refractivity contribution in [1.29, 1.82) is 0 Å². The lowest BCUT2D eigenvalue weighted by atomic mass is 9.63. The van der Waals surface area contributed by atoms with Crippen LogP contribution in [0.15, 0.2) is 42.5 Å². The molecule has 1 unspecified atom stereocenters. The first-order valence-electron chi connectivity index (χ1n) is 6.36. The molecular weight excluding hydrogens is 310 g/mol. The molecule has 0 aliphatic heterocycles. The van der Waals surface area contributed by atoms with Gasteiger partial charge >= 0.3 is 12.4 Å². The van der Waals surface area contributed by atoms with E-state index in [1.807, 2.05) is 0 Å². The topological polar surface area (TPSA) is 52.0 Å². The maximum Gasteiger partial charge on any atom is 0.404 e. The molecule has 1 aromatic rings. The van der Waals surface area contributed by atoms with Crippen LogP contribution in [0.4, 0.5) is 26.3 Å². The van der Waals surface area contributed by atoms with E-state index in [4.69, 9.17) is 11.5 Å². The van der Waals surface area contributed by atoms with Gasteiger partial charge in [-0.25, -0.2) is 0 Å². The van der Waals surface area contributed by atoms with E-state index in [1.165, 1.54) is 30.3 Å². The summed E-state index contributed by atoms with van der Waals surface area (Å²) in [4.78, 5) is 0. The van der Waals surface area contributed by atoms with Crippen LogP contribution < -0.4 is 11.5 Å². The summed E-state index contributed by atoms with van der Waals surface area (Å²) in [6, 6.07) is 6.72. The van der Waals surface area contributed by atoms with Gasteiger partial charge in [0, 0.05) is 12.3 Å². The fourth-order valence-corrected chi connectivity index (χ4v) is 2.86. The van der Waals surface area contributed by atoms with Crippen LogP contribution in [0.25, 0.3) is 0 Å². The Balaban J connectivity index is 2.72. The number of hydrogen-bond donors (Lipinski definition) is 2. The highest BCUT2D eigenvalue weighted by atomic mass is 19.4. The van der Waals surface area contributed by atoms with Gasteiger partial charge < -0.3 is 11.5 Å². The number of nitrogens with two attached hydrogens (primary N) is 2. The summed E-state index contributed by atoms with van der Waals surface area (Å²) in [6.45, 7) is 0. The first-order chi connectivity index (χ1) is 9.91. The highest BCUT2D eigenvalue weighted by Gasteiger charge is 2.75. The summed E-state index contributed by atoms with van der Waals surface area (Å²) in [5.74, 6) is -1.94. The van der Waals surface area contributed by atoms with Crippen LogP contribution in [0.3, 0.4) is 0 Å². The summed E-state index contributed by atoms with van der Waals surface area (Å²) in [7, 11) is 0. The predicted octanol–water partition coefficient (Wildman–Crippen LogP) is 3.45. The molecule has 0 aromatic heterocycles. The molecule has 0 amide bonds. The second kappa shape index (κ2) is 4.99. The summed E-state index contributed by atoms with van der Waals surface area (Å²) in [6.07, 6.45) is -10.8. The minimum Gasteiger partial charge on any atom is -0.310 e. The summed E-state index contributed by atoms with van der Waals surface area (Å²) in [5, 5.41) is 0. The zero-order valence-corrected chi connectivity index (χ0v) is 11.2. The van der Waals surface area contributed by atoms with E-state index in [-0.39, 0.29) is 5.56 Å². The SMILES string of the molecule is NC1(N)C=CC(c2ccccc2)C(C(F)(F)F)(C(F)(F)F)C1. The molecule has 22 heavy (non-hydrogen) atoms. The number of benzene rings is 1. The highest BCUT2D eigenvalue weighted by Crippen LogP contribution is 2.63. The third-order valence-electron chi connectivity index (χ3n) is 3.89. The molecule has 2 rings (SSSR count). The zero-order chi connectivity index (χ0) is 16.8. The van der Waals surface area contributed by atoms with E-state index in [9.17, 15) is 26.3 Å². The van der Waals surface area contributed by atoms with Gasteiger partial charge in [0.05, 0.1) is 5.66 Å². The molecule has 2 nitrogen and oxygen atoms in total. The first kappa shape index (κ1) is 16.8. The Labute approximate surface area is 122 Å². The molecule has 1 aliphatic carbocycles. The van der Waals surface area contributed by atoms with Gasteiger partial charge in [0.1, 0.15) is 0 Å². The van der Waals surface area contributed by atoms with E-state index in [1.54, 1.807) is 0 Å². The van der Waals surface area contributed by atoms with Crippen LogP contribution >= 0.6 is 0 Å². The van der Waals surface area contributed by atoms with Gasteiger partial charge in [-0.05, 0) is 5.56 Å². The third kappa shape index (κ3) is 2.61.